The summed E-state index contributed by atoms with van der Waals surface area (Å²) in [6.07, 6.45) is 0. The van der Waals surface area contributed by atoms with Crippen molar-refractivity contribution in [2.45, 2.75) is 13.8 Å². The maximum absolute atomic E-state index is 11.8. The summed E-state index contributed by atoms with van der Waals surface area (Å²) in [4.78, 5) is 22.0. The van der Waals surface area contributed by atoms with Crippen LogP contribution in [-0.2, 0) is 4.79 Å². The van der Waals surface area contributed by atoms with E-state index < -0.39 is 4.92 Å². The normalized spacial score (nSPS) is 19.4. The summed E-state index contributed by atoms with van der Waals surface area (Å²) in [5.74, 6) is -0.433. The number of carbonyl (C=O) groups is 1. The summed E-state index contributed by atoms with van der Waals surface area (Å²) in [6.45, 7) is 3.53. The number of nitrogens with zero attached hydrogens (tertiary/aromatic N) is 3. The quantitative estimate of drug-likeness (QED) is 0.578. The minimum absolute atomic E-state index is 0.0530. The summed E-state index contributed by atoms with van der Waals surface area (Å²) < 4.78 is 0. The van der Waals surface area contributed by atoms with Gasteiger partial charge in [-0.15, -0.1) is 0 Å². The van der Waals surface area contributed by atoms with Crippen molar-refractivity contribution in [3.8, 4) is 0 Å². The van der Waals surface area contributed by atoms with Gasteiger partial charge in [-0.25, -0.2) is 0 Å². The van der Waals surface area contributed by atoms with Crippen LogP contribution in [0, 0.1) is 16.0 Å². The molecule has 1 aromatic rings. The highest BCUT2D eigenvalue weighted by atomic mass is 16.6. The van der Waals surface area contributed by atoms with Crippen molar-refractivity contribution >= 4 is 23.0 Å². The molecule has 1 aliphatic heterocycles. The standard InChI is InChI=1S/C11H11N3O3/c1-7-8(2)12-13(11(7)15)9-4-3-5-10(6-9)14(16)17/h3-7H,1-2H3. The molecule has 0 spiro atoms. The molecule has 2 rings (SSSR count). The first kappa shape index (κ1) is 11.3. The fraction of sp³-hybridized carbons (Fsp3) is 0.273. The molecule has 1 aromatic carbocycles. The number of carbonyl (C=O) groups excluding carboxylic acids is 1. The molecule has 0 aromatic heterocycles. The third-order valence-corrected chi connectivity index (χ3v) is 2.75. The van der Waals surface area contributed by atoms with Gasteiger partial charge in [-0.3, -0.25) is 14.9 Å². The predicted octanol–water partition coefficient (Wildman–Crippen LogP) is 1.95. The molecule has 0 fully saturated rings. The molecule has 88 valence electrons. The van der Waals surface area contributed by atoms with Crippen LogP contribution in [0.2, 0.25) is 0 Å². The summed E-state index contributed by atoms with van der Waals surface area (Å²) in [6, 6.07) is 5.88. The van der Waals surface area contributed by atoms with Gasteiger partial charge < -0.3 is 0 Å². The largest absolute Gasteiger partial charge is 0.272 e. The lowest BCUT2D eigenvalue weighted by molar-refractivity contribution is -0.384. The van der Waals surface area contributed by atoms with Crippen molar-refractivity contribution < 1.29 is 9.72 Å². The highest BCUT2D eigenvalue weighted by Gasteiger charge is 2.31. The smallest absolute Gasteiger partial charge is 0.271 e. The first-order valence-corrected chi connectivity index (χ1v) is 5.14. The fourth-order valence-electron chi connectivity index (χ4n) is 1.58. The molecule has 6 nitrogen and oxygen atoms in total. The van der Waals surface area contributed by atoms with E-state index in [0.29, 0.717) is 11.4 Å². The molecule has 0 aliphatic carbocycles. The van der Waals surface area contributed by atoms with Crippen LogP contribution < -0.4 is 5.01 Å². The number of rotatable bonds is 2. The van der Waals surface area contributed by atoms with E-state index in [1.807, 2.05) is 0 Å². The zero-order chi connectivity index (χ0) is 12.6. The molecule has 0 radical (unpaired) electrons. The monoisotopic (exact) mass is 233 g/mol. The van der Waals surface area contributed by atoms with Crippen molar-refractivity contribution in [3.05, 3.63) is 34.4 Å². The topological polar surface area (TPSA) is 75.8 Å². The van der Waals surface area contributed by atoms with Crippen LogP contribution in [0.5, 0.6) is 0 Å². The molecule has 0 saturated heterocycles. The van der Waals surface area contributed by atoms with Crippen molar-refractivity contribution in [2.24, 2.45) is 11.0 Å². The van der Waals surface area contributed by atoms with Crippen LogP contribution in [0.4, 0.5) is 11.4 Å². The third-order valence-electron chi connectivity index (χ3n) is 2.75. The van der Waals surface area contributed by atoms with Crippen molar-refractivity contribution in [3.63, 3.8) is 0 Å². The predicted molar refractivity (Wildman–Crippen MR) is 62.9 cm³/mol. The summed E-state index contributed by atoms with van der Waals surface area (Å²) in [5.41, 5.74) is 1.08. The SMILES string of the molecule is CC1=NN(c2cccc([N+](=O)[O-])c2)C(=O)C1C. The zero-order valence-corrected chi connectivity index (χ0v) is 9.45. The summed E-state index contributed by atoms with van der Waals surface area (Å²) >= 11 is 0. The number of hydrogen-bond acceptors (Lipinski definition) is 4. The van der Waals surface area contributed by atoms with Crippen LogP contribution in [0.1, 0.15) is 13.8 Å². The van der Waals surface area contributed by atoms with E-state index in [-0.39, 0.29) is 17.5 Å². The third kappa shape index (κ3) is 1.89. The van der Waals surface area contributed by atoms with E-state index in [1.165, 1.54) is 23.2 Å². The molecule has 0 saturated carbocycles. The average Bonchev–Trinajstić information content (AvgIpc) is 2.57. The van der Waals surface area contributed by atoms with Gasteiger partial charge in [-0.1, -0.05) is 6.07 Å². The Hall–Kier alpha value is -2.24. The number of hydrogen-bond donors (Lipinski definition) is 0. The number of non-ortho nitro benzene ring substituents is 1. The Labute approximate surface area is 97.7 Å². The van der Waals surface area contributed by atoms with E-state index in [1.54, 1.807) is 19.9 Å². The van der Waals surface area contributed by atoms with E-state index in [0.717, 1.165) is 0 Å². The van der Waals surface area contributed by atoms with Gasteiger partial charge in [0.25, 0.3) is 11.6 Å². The molecular weight excluding hydrogens is 222 g/mol. The van der Waals surface area contributed by atoms with Gasteiger partial charge in [-0.05, 0) is 19.9 Å². The molecule has 0 N–H and O–H groups in total. The van der Waals surface area contributed by atoms with Crippen molar-refractivity contribution in [2.75, 3.05) is 5.01 Å². The minimum Gasteiger partial charge on any atom is -0.272 e. The van der Waals surface area contributed by atoms with Crippen LogP contribution in [0.25, 0.3) is 0 Å². The van der Waals surface area contributed by atoms with E-state index in [2.05, 4.69) is 5.10 Å². The van der Waals surface area contributed by atoms with Gasteiger partial charge in [0.2, 0.25) is 0 Å². The van der Waals surface area contributed by atoms with Gasteiger partial charge >= 0.3 is 0 Å². The average molecular weight is 233 g/mol. The van der Waals surface area contributed by atoms with E-state index in [9.17, 15) is 14.9 Å². The Balaban J connectivity index is 2.39. The van der Waals surface area contributed by atoms with Crippen LogP contribution in [-0.4, -0.2) is 16.5 Å². The Morgan fingerprint density at radius 1 is 1.47 bits per heavy atom. The van der Waals surface area contributed by atoms with Crippen LogP contribution in [0.3, 0.4) is 0 Å². The first-order valence-electron chi connectivity index (χ1n) is 5.14. The molecule has 1 aliphatic rings. The van der Waals surface area contributed by atoms with Gasteiger partial charge in [-0.2, -0.15) is 10.1 Å². The molecule has 0 bridgehead atoms. The fourth-order valence-corrected chi connectivity index (χ4v) is 1.58. The van der Waals surface area contributed by atoms with Crippen LogP contribution >= 0.6 is 0 Å². The van der Waals surface area contributed by atoms with E-state index >= 15 is 0 Å². The van der Waals surface area contributed by atoms with Gasteiger partial charge in [0.15, 0.2) is 0 Å². The first-order chi connectivity index (χ1) is 8.00. The second-order valence-corrected chi connectivity index (χ2v) is 3.89. The lowest BCUT2D eigenvalue weighted by Crippen LogP contribution is -2.25. The number of benzene rings is 1. The molecule has 1 atom stereocenters. The van der Waals surface area contributed by atoms with Crippen molar-refractivity contribution in [1.29, 1.82) is 0 Å². The minimum atomic E-state index is -0.496. The molecule has 1 heterocycles. The molecule has 17 heavy (non-hydrogen) atoms. The second kappa shape index (κ2) is 3.97. The number of nitro benzene ring substituents is 1. The van der Waals surface area contributed by atoms with Crippen molar-refractivity contribution in [1.82, 2.24) is 0 Å². The summed E-state index contributed by atoms with van der Waals surface area (Å²) in [7, 11) is 0. The number of anilines is 1. The number of hydrazone groups is 1. The Morgan fingerprint density at radius 2 is 2.18 bits per heavy atom. The molecule has 1 unspecified atom stereocenters. The highest BCUT2D eigenvalue weighted by Crippen LogP contribution is 2.26. The number of nitro groups is 1. The maximum atomic E-state index is 11.8. The summed E-state index contributed by atoms with van der Waals surface area (Å²) in [5, 5.41) is 16.0. The molecule has 6 heteroatoms. The van der Waals surface area contributed by atoms with Gasteiger partial charge in [0.1, 0.15) is 0 Å². The Morgan fingerprint density at radius 3 is 2.71 bits per heavy atom. The number of amides is 1. The highest BCUT2D eigenvalue weighted by molar-refractivity contribution is 6.14. The Kier molecular flexibility index (Phi) is 2.63. The second-order valence-electron chi connectivity index (χ2n) is 3.89. The maximum Gasteiger partial charge on any atom is 0.271 e. The van der Waals surface area contributed by atoms with Gasteiger partial charge in [0, 0.05) is 17.8 Å². The van der Waals surface area contributed by atoms with E-state index in [4.69, 9.17) is 0 Å². The molecular formula is C11H11N3O3. The molecule has 1 amide bonds. The lowest BCUT2D eigenvalue weighted by Gasteiger charge is -2.12. The Bertz CT molecular complexity index is 524. The van der Waals surface area contributed by atoms with Crippen LogP contribution in [0.15, 0.2) is 29.4 Å². The lowest BCUT2D eigenvalue weighted by atomic mass is 10.1. The van der Waals surface area contributed by atoms with Gasteiger partial charge in [0.05, 0.1) is 16.5 Å². The zero-order valence-electron chi connectivity index (χ0n) is 9.45.